The Hall–Kier alpha value is -1.67. The van der Waals surface area contributed by atoms with E-state index >= 15 is 0 Å². The Morgan fingerprint density at radius 1 is 1.09 bits per heavy atom. The summed E-state index contributed by atoms with van der Waals surface area (Å²) in [5.74, 6) is -0.235. The van der Waals surface area contributed by atoms with E-state index in [0.29, 0.717) is 30.4 Å². The molecule has 172 valence electrons. The first-order chi connectivity index (χ1) is 15.8. The number of halogens is 3. The largest absolute Gasteiger partial charge is 0.487 e. The lowest BCUT2D eigenvalue weighted by Gasteiger charge is -2.18. The average molecular weight is 692 g/mol. The number of thioether (sulfide) groups is 1. The van der Waals surface area contributed by atoms with Crippen LogP contribution >= 0.6 is 56.9 Å². The maximum Gasteiger partial charge on any atom is 0.294 e. The molecule has 2 aliphatic heterocycles. The summed E-state index contributed by atoms with van der Waals surface area (Å²) in [7, 11) is 0. The lowest BCUT2D eigenvalue weighted by molar-refractivity contribution is -0.135. The van der Waals surface area contributed by atoms with Crippen LogP contribution in [0.25, 0.3) is 6.08 Å². The van der Waals surface area contributed by atoms with E-state index in [-0.39, 0.29) is 18.3 Å². The number of likely N-dealkylation sites (tertiary alicyclic amines) is 1. The number of carbonyl (C=O) groups excluding carboxylic acids is 3. The van der Waals surface area contributed by atoms with E-state index in [2.05, 4.69) is 45.2 Å². The van der Waals surface area contributed by atoms with E-state index in [1.807, 2.05) is 12.1 Å². The van der Waals surface area contributed by atoms with Gasteiger partial charge in [-0.05, 0) is 111 Å². The molecule has 0 aliphatic carbocycles. The van der Waals surface area contributed by atoms with E-state index in [9.17, 15) is 18.8 Å². The molecule has 0 atom stereocenters. The molecule has 2 fully saturated rings. The highest BCUT2D eigenvalue weighted by atomic mass is 127. The number of amides is 3. The average Bonchev–Trinajstić information content (AvgIpc) is 3.39. The van der Waals surface area contributed by atoms with Crippen LogP contribution in [0.1, 0.15) is 24.0 Å². The summed E-state index contributed by atoms with van der Waals surface area (Å²) < 4.78 is 20.7. The summed E-state index contributed by atoms with van der Waals surface area (Å²) in [5.41, 5.74) is 1.61. The molecule has 2 aromatic carbocycles. The molecule has 2 saturated heterocycles. The molecule has 4 rings (SSSR count). The fourth-order valence-electron chi connectivity index (χ4n) is 3.53. The van der Waals surface area contributed by atoms with Crippen LogP contribution in [0, 0.1) is 13.0 Å². The smallest absolute Gasteiger partial charge is 0.294 e. The van der Waals surface area contributed by atoms with Gasteiger partial charge < -0.3 is 9.64 Å². The normalized spacial score (nSPS) is 17.4. The molecule has 33 heavy (non-hydrogen) atoms. The number of hydrogen-bond acceptors (Lipinski definition) is 5. The van der Waals surface area contributed by atoms with Crippen LogP contribution < -0.4 is 4.74 Å². The van der Waals surface area contributed by atoms with Crippen LogP contribution in [-0.2, 0) is 16.2 Å². The van der Waals surface area contributed by atoms with Crippen LogP contribution in [0.4, 0.5) is 9.18 Å². The minimum absolute atomic E-state index is 0.192. The van der Waals surface area contributed by atoms with E-state index < -0.39 is 11.1 Å². The topological polar surface area (TPSA) is 66.9 Å². The minimum Gasteiger partial charge on any atom is -0.487 e. The third-order valence-corrected chi connectivity index (χ3v) is 7.75. The third kappa shape index (κ3) is 5.88. The van der Waals surface area contributed by atoms with Gasteiger partial charge in [-0.3, -0.25) is 19.3 Å². The molecule has 2 aromatic rings. The van der Waals surface area contributed by atoms with Crippen molar-refractivity contribution in [2.45, 2.75) is 19.4 Å². The van der Waals surface area contributed by atoms with E-state index in [0.717, 1.165) is 47.8 Å². The van der Waals surface area contributed by atoms with E-state index in [4.69, 9.17) is 4.74 Å². The molecule has 0 bridgehead atoms. The predicted octanol–water partition coefficient (Wildman–Crippen LogP) is 5.27. The van der Waals surface area contributed by atoms with Crippen molar-refractivity contribution in [3.05, 3.63) is 65.4 Å². The molecular formula is C23H19FI2N2O4S. The van der Waals surface area contributed by atoms with Gasteiger partial charge >= 0.3 is 0 Å². The Kier molecular flexibility index (Phi) is 7.95. The number of imide groups is 1. The lowest BCUT2D eigenvalue weighted by atomic mass is 10.2. The van der Waals surface area contributed by atoms with Crippen molar-refractivity contribution in [2.75, 3.05) is 19.6 Å². The van der Waals surface area contributed by atoms with Gasteiger partial charge in [0.25, 0.3) is 11.1 Å². The van der Waals surface area contributed by atoms with Gasteiger partial charge in [0.1, 0.15) is 24.7 Å². The predicted molar refractivity (Wildman–Crippen MR) is 141 cm³/mol. The van der Waals surface area contributed by atoms with Crippen LogP contribution in [0.5, 0.6) is 5.75 Å². The highest BCUT2D eigenvalue weighted by Crippen LogP contribution is 2.35. The zero-order chi connectivity index (χ0) is 23.5. The number of carbonyl (C=O) groups is 3. The van der Waals surface area contributed by atoms with Crippen molar-refractivity contribution >= 4 is 80.1 Å². The van der Waals surface area contributed by atoms with Crippen LogP contribution in [0.3, 0.4) is 0 Å². The monoisotopic (exact) mass is 692 g/mol. The molecule has 0 saturated carbocycles. The Morgan fingerprint density at radius 3 is 2.36 bits per heavy atom. The van der Waals surface area contributed by atoms with Crippen molar-refractivity contribution in [1.29, 1.82) is 0 Å². The molecule has 0 spiro atoms. The van der Waals surface area contributed by atoms with Gasteiger partial charge in [-0.2, -0.15) is 0 Å². The second-order valence-corrected chi connectivity index (χ2v) is 10.9. The number of hydrogen-bond donors (Lipinski definition) is 0. The third-order valence-electron chi connectivity index (χ3n) is 5.24. The van der Waals surface area contributed by atoms with E-state index in [1.54, 1.807) is 23.1 Å². The summed E-state index contributed by atoms with van der Waals surface area (Å²) in [6.45, 7) is 1.44. The van der Waals surface area contributed by atoms with Crippen molar-refractivity contribution in [3.63, 3.8) is 0 Å². The molecular weight excluding hydrogens is 673 g/mol. The molecule has 3 amide bonds. The van der Waals surface area contributed by atoms with Gasteiger partial charge in [0.05, 0.1) is 12.0 Å². The molecule has 2 heterocycles. The standard InChI is InChI=1S/C23H19FI2N2O4S/c24-16-5-3-14(4-6-16)13-32-21-17(25)9-15(10-18(21)26)11-19-22(30)28(23(31)33-19)12-20(29)27-7-1-2-8-27/h3-6,9-11H,1-2,7-8,12-13H2/b19-11+. The molecule has 10 heteroatoms. The molecule has 6 nitrogen and oxygen atoms in total. The second kappa shape index (κ2) is 10.7. The summed E-state index contributed by atoms with van der Waals surface area (Å²) in [6, 6.07) is 9.87. The Bertz CT molecular complexity index is 1110. The van der Waals surface area contributed by atoms with Gasteiger partial charge in [0.2, 0.25) is 5.91 Å². The summed E-state index contributed by atoms with van der Waals surface area (Å²) in [4.78, 5) is 40.5. The molecule has 0 unspecified atom stereocenters. The van der Waals surface area contributed by atoms with Gasteiger partial charge in [-0.15, -0.1) is 0 Å². The van der Waals surface area contributed by atoms with Crippen LogP contribution in [-0.4, -0.2) is 46.5 Å². The van der Waals surface area contributed by atoms with E-state index in [1.165, 1.54) is 12.1 Å². The fraction of sp³-hybridized carbons (Fsp3) is 0.261. The van der Waals surface area contributed by atoms with Gasteiger partial charge in [0.15, 0.2) is 0 Å². The molecule has 2 aliphatic rings. The highest BCUT2D eigenvalue weighted by Gasteiger charge is 2.37. The molecule has 0 aromatic heterocycles. The van der Waals surface area contributed by atoms with Crippen LogP contribution in [0.15, 0.2) is 41.3 Å². The van der Waals surface area contributed by atoms with Crippen molar-refractivity contribution in [2.24, 2.45) is 0 Å². The zero-order valence-corrected chi connectivity index (χ0v) is 22.5. The van der Waals surface area contributed by atoms with Crippen molar-refractivity contribution in [1.82, 2.24) is 9.80 Å². The van der Waals surface area contributed by atoms with Crippen LogP contribution in [0.2, 0.25) is 0 Å². The summed E-state index contributed by atoms with van der Waals surface area (Å²) in [6.07, 6.45) is 3.57. The second-order valence-electron chi connectivity index (χ2n) is 7.58. The maximum absolute atomic E-state index is 13.1. The first-order valence-corrected chi connectivity index (χ1v) is 13.2. The maximum atomic E-state index is 13.1. The molecule has 0 radical (unpaired) electrons. The zero-order valence-electron chi connectivity index (χ0n) is 17.4. The molecule has 0 N–H and O–H groups in total. The first kappa shape index (κ1) is 24.5. The minimum atomic E-state index is -0.445. The Morgan fingerprint density at radius 2 is 1.73 bits per heavy atom. The van der Waals surface area contributed by atoms with Gasteiger partial charge in [-0.25, -0.2) is 4.39 Å². The van der Waals surface area contributed by atoms with Gasteiger partial charge in [0, 0.05) is 13.1 Å². The van der Waals surface area contributed by atoms with Crippen molar-refractivity contribution in [3.8, 4) is 5.75 Å². The SMILES string of the molecule is O=C(CN1C(=O)S/C(=C/c2cc(I)c(OCc3ccc(F)cc3)c(I)c2)C1=O)N1CCCC1. The number of ether oxygens (including phenoxy) is 1. The first-order valence-electron chi connectivity index (χ1n) is 10.2. The number of rotatable bonds is 6. The van der Waals surface area contributed by atoms with Crippen molar-refractivity contribution < 1.29 is 23.5 Å². The summed E-state index contributed by atoms with van der Waals surface area (Å²) >= 11 is 5.16. The number of benzene rings is 2. The quantitative estimate of drug-likeness (QED) is 0.305. The fourth-order valence-corrected chi connectivity index (χ4v) is 6.49. The summed E-state index contributed by atoms with van der Waals surface area (Å²) in [5, 5.41) is -0.428. The van der Waals surface area contributed by atoms with Gasteiger partial charge in [-0.1, -0.05) is 12.1 Å². The Balaban J connectivity index is 1.45. The lowest BCUT2D eigenvalue weighted by Crippen LogP contribution is -2.40. The number of nitrogens with zero attached hydrogens (tertiary/aromatic N) is 2. The highest BCUT2D eigenvalue weighted by molar-refractivity contribution is 14.1. The Labute approximate surface area is 222 Å².